The second kappa shape index (κ2) is 10.0. The molecule has 3 heterocycles. The number of pyridine rings is 1. The van der Waals surface area contributed by atoms with E-state index in [2.05, 4.69) is 26.9 Å². The fourth-order valence-corrected chi connectivity index (χ4v) is 3.87. The van der Waals surface area contributed by atoms with Gasteiger partial charge in [-0.3, -0.25) is 0 Å². The Morgan fingerprint density at radius 3 is 2.50 bits per heavy atom. The largest absolute Gasteiger partial charge is 0.467 e. The number of aromatic nitrogens is 3. The summed E-state index contributed by atoms with van der Waals surface area (Å²) in [4.78, 5) is 14.5. The zero-order valence-electron chi connectivity index (χ0n) is 15.9. The van der Waals surface area contributed by atoms with Crippen molar-refractivity contribution >= 4 is 34.3 Å². The van der Waals surface area contributed by atoms with Crippen LogP contribution < -0.4 is 4.74 Å². The number of hydrogen-bond donors (Lipinski definition) is 0. The third-order valence-electron chi connectivity index (χ3n) is 4.32. The molecule has 1 saturated heterocycles. The highest BCUT2D eigenvalue weighted by atomic mass is 35.5. The average Bonchev–Trinajstić information content (AvgIpc) is 3.21. The molecule has 0 aliphatic carbocycles. The van der Waals surface area contributed by atoms with Crippen LogP contribution in [0, 0.1) is 5.82 Å². The van der Waals surface area contributed by atoms with Crippen LogP contribution in [0.2, 0.25) is 5.15 Å². The van der Waals surface area contributed by atoms with Gasteiger partial charge in [0.2, 0.25) is 0 Å². The molecule has 2 aromatic heterocycles. The smallest absolute Gasteiger partial charge is 0.317 e. The van der Waals surface area contributed by atoms with Gasteiger partial charge in [0.05, 0.1) is 12.5 Å². The fourth-order valence-electron chi connectivity index (χ4n) is 2.79. The summed E-state index contributed by atoms with van der Waals surface area (Å²) in [7, 11) is 3.61. The zero-order chi connectivity index (χ0) is 19.9. The Hall–Kier alpha value is -1.96. The molecule has 0 N–H and O–H groups in total. The Bertz CT molecular complexity index is 923. The van der Waals surface area contributed by atoms with Gasteiger partial charge in [0, 0.05) is 11.9 Å². The molecule has 28 heavy (non-hydrogen) atoms. The lowest BCUT2D eigenvalue weighted by atomic mass is 10.2. The average molecular weight is 421 g/mol. The standard InChI is InChI=1S/C15H11ClFN3OS.C5H11N/c1-21-15-19-12-10(7-18-13(16)11(12)17)14(20-15)22-8-9-5-3-2-4-6-9;1-6-4-2-3-5-6/h2-7H,8H2,1H3;2-5H2,1H3. The van der Waals surface area contributed by atoms with Crippen molar-refractivity contribution in [2.24, 2.45) is 0 Å². The van der Waals surface area contributed by atoms with Gasteiger partial charge < -0.3 is 9.64 Å². The van der Waals surface area contributed by atoms with Crippen molar-refractivity contribution in [3.05, 3.63) is 53.1 Å². The molecule has 0 bridgehead atoms. The molecule has 5 nitrogen and oxygen atoms in total. The molecule has 148 valence electrons. The number of thioether (sulfide) groups is 1. The maximum atomic E-state index is 14.1. The summed E-state index contributed by atoms with van der Waals surface area (Å²) >= 11 is 7.18. The lowest BCUT2D eigenvalue weighted by Gasteiger charge is -2.08. The first-order chi connectivity index (χ1) is 13.6. The molecular formula is C20H22ClFN4OS. The Labute approximate surface area is 173 Å². The first-order valence-corrected chi connectivity index (χ1v) is 10.4. The number of benzene rings is 1. The predicted molar refractivity (Wildman–Crippen MR) is 112 cm³/mol. The van der Waals surface area contributed by atoms with Crippen LogP contribution in [0.1, 0.15) is 18.4 Å². The van der Waals surface area contributed by atoms with E-state index < -0.39 is 5.82 Å². The van der Waals surface area contributed by atoms with Crippen molar-refractivity contribution in [1.82, 2.24) is 19.9 Å². The molecule has 0 atom stereocenters. The van der Waals surface area contributed by atoms with Crippen molar-refractivity contribution in [3.63, 3.8) is 0 Å². The summed E-state index contributed by atoms with van der Waals surface area (Å²) in [5, 5.41) is 0.907. The number of halogens is 2. The minimum absolute atomic E-state index is 0.101. The van der Waals surface area contributed by atoms with Crippen LogP contribution in [0.4, 0.5) is 4.39 Å². The van der Waals surface area contributed by atoms with Crippen LogP contribution in [-0.2, 0) is 5.75 Å². The molecule has 0 amide bonds. The summed E-state index contributed by atoms with van der Waals surface area (Å²) in [6.45, 7) is 2.64. The molecule has 3 aromatic rings. The second-order valence-electron chi connectivity index (χ2n) is 6.43. The molecular weight excluding hydrogens is 399 g/mol. The molecule has 1 aliphatic rings. The van der Waals surface area contributed by atoms with E-state index in [4.69, 9.17) is 16.3 Å². The summed E-state index contributed by atoms with van der Waals surface area (Å²) < 4.78 is 19.2. The van der Waals surface area contributed by atoms with E-state index in [1.807, 2.05) is 30.3 Å². The first-order valence-electron chi connectivity index (χ1n) is 8.99. The molecule has 0 saturated carbocycles. The Balaban J connectivity index is 0.000000320. The normalized spacial score (nSPS) is 14.0. The summed E-state index contributed by atoms with van der Waals surface area (Å²) in [5.41, 5.74) is 1.25. The SMILES string of the molecule is CN1CCCC1.COc1nc(SCc2ccccc2)c2cnc(Cl)c(F)c2n1. The third-order valence-corrected chi connectivity index (χ3v) is 5.64. The van der Waals surface area contributed by atoms with Gasteiger partial charge in [-0.1, -0.05) is 41.9 Å². The molecule has 1 aliphatic heterocycles. The van der Waals surface area contributed by atoms with Crippen molar-refractivity contribution in [3.8, 4) is 6.01 Å². The van der Waals surface area contributed by atoms with Crippen LogP contribution in [0.25, 0.3) is 10.9 Å². The molecule has 1 fully saturated rings. The van der Waals surface area contributed by atoms with Crippen LogP contribution in [0.15, 0.2) is 41.6 Å². The van der Waals surface area contributed by atoms with Crippen molar-refractivity contribution in [2.75, 3.05) is 27.2 Å². The van der Waals surface area contributed by atoms with Gasteiger partial charge in [-0.25, -0.2) is 9.37 Å². The second-order valence-corrected chi connectivity index (χ2v) is 7.75. The number of methoxy groups -OCH3 is 1. The molecule has 0 spiro atoms. The van der Waals surface area contributed by atoms with Gasteiger partial charge >= 0.3 is 6.01 Å². The fraction of sp³-hybridized carbons (Fsp3) is 0.350. The number of nitrogens with zero attached hydrogens (tertiary/aromatic N) is 4. The van der Waals surface area contributed by atoms with Gasteiger partial charge in [0.25, 0.3) is 0 Å². The highest BCUT2D eigenvalue weighted by Crippen LogP contribution is 2.31. The lowest BCUT2D eigenvalue weighted by Crippen LogP contribution is -2.10. The quantitative estimate of drug-likeness (QED) is 0.342. The Kier molecular flexibility index (Phi) is 7.42. The highest BCUT2D eigenvalue weighted by molar-refractivity contribution is 7.98. The van der Waals surface area contributed by atoms with Crippen LogP contribution in [0.3, 0.4) is 0 Å². The summed E-state index contributed by atoms with van der Waals surface area (Å²) in [6, 6.07) is 10.0. The Morgan fingerprint density at radius 2 is 1.89 bits per heavy atom. The minimum atomic E-state index is -0.665. The third kappa shape index (κ3) is 5.31. The van der Waals surface area contributed by atoms with Crippen LogP contribution in [-0.4, -0.2) is 47.1 Å². The summed E-state index contributed by atoms with van der Waals surface area (Å²) in [6.07, 6.45) is 4.31. The highest BCUT2D eigenvalue weighted by Gasteiger charge is 2.15. The van der Waals surface area contributed by atoms with E-state index in [1.54, 1.807) is 0 Å². The van der Waals surface area contributed by atoms with E-state index in [0.29, 0.717) is 16.2 Å². The molecule has 8 heteroatoms. The number of hydrogen-bond acceptors (Lipinski definition) is 6. The molecule has 0 radical (unpaired) electrons. The van der Waals surface area contributed by atoms with Crippen molar-refractivity contribution < 1.29 is 9.13 Å². The maximum Gasteiger partial charge on any atom is 0.317 e. The predicted octanol–water partition coefficient (Wildman–Crippen LogP) is 4.83. The minimum Gasteiger partial charge on any atom is -0.467 e. The van der Waals surface area contributed by atoms with Gasteiger partial charge in [-0.2, -0.15) is 9.97 Å². The lowest BCUT2D eigenvalue weighted by molar-refractivity contribution is 0.378. The van der Waals surface area contributed by atoms with Crippen molar-refractivity contribution in [2.45, 2.75) is 23.6 Å². The zero-order valence-corrected chi connectivity index (χ0v) is 17.4. The van der Waals surface area contributed by atoms with E-state index in [-0.39, 0.29) is 16.7 Å². The molecule has 0 unspecified atom stereocenters. The van der Waals surface area contributed by atoms with E-state index in [1.165, 1.54) is 51.0 Å². The number of rotatable bonds is 4. The number of likely N-dealkylation sites (tertiary alicyclic amines) is 1. The number of fused-ring (bicyclic) bond motifs is 1. The van der Waals surface area contributed by atoms with Crippen LogP contribution >= 0.6 is 23.4 Å². The van der Waals surface area contributed by atoms with Gasteiger partial charge in [0.1, 0.15) is 10.5 Å². The Morgan fingerprint density at radius 1 is 1.18 bits per heavy atom. The number of ether oxygens (including phenoxy) is 1. The van der Waals surface area contributed by atoms with E-state index in [9.17, 15) is 4.39 Å². The summed E-state index contributed by atoms with van der Waals surface area (Å²) in [5.74, 6) is 0.0295. The van der Waals surface area contributed by atoms with Crippen LogP contribution in [0.5, 0.6) is 6.01 Å². The van der Waals surface area contributed by atoms with E-state index in [0.717, 1.165) is 5.56 Å². The molecule has 4 rings (SSSR count). The maximum absolute atomic E-state index is 14.1. The van der Waals surface area contributed by atoms with Gasteiger partial charge in [-0.15, -0.1) is 11.8 Å². The topological polar surface area (TPSA) is 51.1 Å². The van der Waals surface area contributed by atoms with Crippen molar-refractivity contribution in [1.29, 1.82) is 0 Å². The monoisotopic (exact) mass is 420 g/mol. The van der Waals surface area contributed by atoms with Gasteiger partial charge in [-0.05, 0) is 38.5 Å². The first kappa shape index (κ1) is 20.8. The van der Waals surface area contributed by atoms with E-state index >= 15 is 0 Å². The van der Waals surface area contributed by atoms with Gasteiger partial charge in [0.15, 0.2) is 11.0 Å². The molecule has 1 aromatic carbocycles.